The van der Waals surface area contributed by atoms with E-state index in [0.29, 0.717) is 6.54 Å². The molecule has 3 aromatic rings. The fourth-order valence-electron chi connectivity index (χ4n) is 2.37. The van der Waals surface area contributed by atoms with Gasteiger partial charge < -0.3 is 5.32 Å². The minimum absolute atomic E-state index is 0.0397. The van der Waals surface area contributed by atoms with E-state index < -0.39 is 10.0 Å². The van der Waals surface area contributed by atoms with Crippen molar-refractivity contribution in [2.75, 3.05) is 5.75 Å². The molecule has 0 atom stereocenters. The lowest BCUT2D eigenvalue weighted by Crippen LogP contribution is -2.24. The third-order valence-electron chi connectivity index (χ3n) is 3.79. The van der Waals surface area contributed by atoms with Crippen LogP contribution in [0.1, 0.15) is 5.56 Å². The van der Waals surface area contributed by atoms with Crippen molar-refractivity contribution in [3.8, 4) is 5.69 Å². The Bertz CT molecular complexity index is 1060. The van der Waals surface area contributed by atoms with Gasteiger partial charge in [0.15, 0.2) is 5.16 Å². The SMILES string of the molecule is NS(=O)(=O)c1ccc(CNC(=O)CSc2nccn2-c2ccc(Br)cc2)cc1. The molecule has 0 aliphatic rings. The standard InChI is InChI=1S/C18H17BrN4O3S2/c19-14-3-5-15(6-4-14)23-10-9-21-18(23)27-12-17(24)22-11-13-1-7-16(8-2-13)28(20,25)26/h1-10H,11-12H2,(H,22,24)(H2,20,25,26). The van der Waals surface area contributed by atoms with Crippen molar-refractivity contribution < 1.29 is 13.2 Å². The number of amides is 1. The van der Waals surface area contributed by atoms with Crippen LogP contribution in [0.5, 0.6) is 0 Å². The predicted octanol–water partition coefficient (Wildman–Crippen LogP) is 2.69. The zero-order valence-corrected chi connectivity index (χ0v) is 17.8. The first-order valence-electron chi connectivity index (χ1n) is 8.13. The van der Waals surface area contributed by atoms with E-state index in [1.54, 1.807) is 18.3 Å². The molecule has 0 saturated heterocycles. The molecule has 0 bridgehead atoms. The zero-order valence-electron chi connectivity index (χ0n) is 14.6. The van der Waals surface area contributed by atoms with Crippen molar-refractivity contribution in [1.29, 1.82) is 0 Å². The quantitative estimate of drug-likeness (QED) is 0.505. The number of carbonyl (C=O) groups is 1. The lowest BCUT2D eigenvalue weighted by atomic mass is 10.2. The van der Waals surface area contributed by atoms with E-state index in [1.165, 1.54) is 23.9 Å². The summed E-state index contributed by atoms with van der Waals surface area (Å²) in [5, 5.41) is 8.59. The number of hydrogen-bond donors (Lipinski definition) is 2. The molecule has 1 amide bonds. The van der Waals surface area contributed by atoms with Crippen LogP contribution in [0.25, 0.3) is 5.69 Å². The van der Waals surface area contributed by atoms with Gasteiger partial charge in [-0.05, 0) is 42.0 Å². The van der Waals surface area contributed by atoms with Gasteiger partial charge in [0.1, 0.15) is 0 Å². The number of primary sulfonamides is 1. The third-order valence-corrected chi connectivity index (χ3v) is 6.21. The Balaban J connectivity index is 1.54. The Kier molecular flexibility index (Phi) is 6.55. The molecule has 0 saturated carbocycles. The minimum Gasteiger partial charge on any atom is -0.351 e. The Labute approximate surface area is 175 Å². The van der Waals surface area contributed by atoms with Crippen molar-refractivity contribution >= 4 is 43.6 Å². The normalized spacial score (nSPS) is 11.4. The molecule has 28 heavy (non-hydrogen) atoms. The lowest BCUT2D eigenvalue weighted by Gasteiger charge is -2.08. The average molecular weight is 481 g/mol. The molecule has 1 aromatic heterocycles. The number of hydrogen-bond acceptors (Lipinski definition) is 5. The van der Waals surface area contributed by atoms with Gasteiger partial charge >= 0.3 is 0 Å². The van der Waals surface area contributed by atoms with E-state index in [4.69, 9.17) is 5.14 Å². The summed E-state index contributed by atoms with van der Waals surface area (Å²) in [5.74, 6) is 0.0638. The third kappa shape index (κ3) is 5.44. The van der Waals surface area contributed by atoms with Gasteiger partial charge in [0.2, 0.25) is 15.9 Å². The summed E-state index contributed by atoms with van der Waals surface area (Å²) in [5.41, 5.74) is 1.74. The molecule has 3 rings (SSSR count). The summed E-state index contributed by atoms with van der Waals surface area (Å²) >= 11 is 4.74. The van der Waals surface area contributed by atoms with Crippen LogP contribution >= 0.6 is 27.7 Å². The number of carbonyl (C=O) groups excluding carboxylic acids is 1. The maximum atomic E-state index is 12.1. The topological polar surface area (TPSA) is 107 Å². The number of thioether (sulfide) groups is 1. The fourth-order valence-corrected chi connectivity index (χ4v) is 3.96. The Morgan fingerprint density at radius 2 is 1.82 bits per heavy atom. The van der Waals surface area contributed by atoms with Crippen molar-refractivity contribution in [3.05, 3.63) is 71.0 Å². The second-order valence-corrected chi connectivity index (χ2v) is 9.23. The van der Waals surface area contributed by atoms with Gasteiger partial charge in [0.25, 0.3) is 0 Å². The maximum absolute atomic E-state index is 12.1. The van der Waals surface area contributed by atoms with Crippen LogP contribution in [0.4, 0.5) is 0 Å². The first kappa shape index (κ1) is 20.6. The molecular weight excluding hydrogens is 464 g/mol. The summed E-state index contributed by atoms with van der Waals surface area (Å²) < 4.78 is 25.4. The maximum Gasteiger partial charge on any atom is 0.238 e. The van der Waals surface area contributed by atoms with Crippen LogP contribution in [0.3, 0.4) is 0 Å². The highest BCUT2D eigenvalue weighted by Crippen LogP contribution is 2.21. The van der Waals surface area contributed by atoms with E-state index in [2.05, 4.69) is 26.2 Å². The molecule has 0 unspecified atom stereocenters. The van der Waals surface area contributed by atoms with Gasteiger partial charge in [0, 0.05) is 29.1 Å². The summed E-state index contributed by atoms with van der Waals surface area (Å²) in [7, 11) is -3.72. The van der Waals surface area contributed by atoms with Gasteiger partial charge in [-0.3, -0.25) is 9.36 Å². The Morgan fingerprint density at radius 1 is 1.14 bits per heavy atom. The molecule has 0 spiro atoms. The zero-order chi connectivity index (χ0) is 20.1. The van der Waals surface area contributed by atoms with E-state index >= 15 is 0 Å². The van der Waals surface area contributed by atoms with E-state index in [9.17, 15) is 13.2 Å². The second kappa shape index (κ2) is 8.91. The van der Waals surface area contributed by atoms with Gasteiger partial charge in [0.05, 0.1) is 10.6 Å². The monoisotopic (exact) mass is 480 g/mol. The van der Waals surface area contributed by atoms with Crippen LogP contribution in [0, 0.1) is 0 Å². The van der Waals surface area contributed by atoms with Crippen LogP contribution in [-0.4, -0.2) is 29.6 Å². The summed E-state index contributed by atoms with van der Waals surface area (Å²) in [6.45, 7) is 0.297. The number of rotatable bonds is 7. The molecule has 7 nitrogen and oxygen atoms in total. The number of nitrogens with one attached hydrogen (secondary N) is 1. The fraction of sp³-hybridized carbons (Fsp3) is 0.111. The van der Waals surface area contributed by atoms with E-state index in [1.807, 2.05) is 35.0 Å². The first-order valence-corrected chi connectivity index (χ1v) is 11.5. The number of imidazole rings is 1. The summed E-state index contributed by atoms with van der Waals surface area (Å²) in [6, 6.07) is 13.9. The molecule has 0 radical (unpaired) electrons. The Morgan fingerprint density at radius 3 is 2.46 bits per heavy atom. The van der Waals surface area contributed by atoms with Crippen LogP contribution in [0.2, 0.25) is 0 Å². The van der Waals surface area contributed by atoms with Crippen molar-refractivity contribution in [1.82, 2.24) is 14.9 Å². The molecule has 146 valence electrons. The molecular formula is C18H17BrN4O3S2. The molecule has 0 fully saturated rings. The number of benzene rings is 2. The van der Waals surface area contributed by atoms with Gasteiger partial charge in [-0.2, -0.15) is 0 Å². The number of nitrogens with two attached hydrogens (primary N) is 1. The summed E-state index contributed by atoms with van der Waals surface area (Å²) in [4.78, 5) is 16.5. The van der Waals surface area contributed by atoms with Crippen molar-refractivity contribution in [3.63, 3.8) is 0 Å². The minimum atomic E-state index is -3.72. The molecule has 2 aromatic carbocycles. The second-order valence-electron chi connectivity index (χ2n) is 5.81. The molecule has 10 heteroatoms. The first-order chi connectivity index (χ1) is 13.3. The van der Waals surface area contributed by atoms with Crippen molar-refractivity contribution in [2.24, 2.45) is 5.14 Å². The van der Waals surface area contributed by atoms with Crippen LogP contribution in [-0.2, 0) is 21.4 Å². The van der Waals surface area contributed by atoms with Crippen LogP contribution < -0.4 is 10.5 Å². The molecule has 0 aliphatic heterocycles. The molecule has 0 aliphatic carbocycles. The highest BCUT2D eigenvalue weighted by molar-refractivity contribution is 9.10. The lowest BCUT2D eigenvalue weighted by molar-refractivity contribution is -0.118. The Hall–Kier alpha value is -2.14. The smallest absolute Gasteiger partial charge is 0.238 e. The predicted molar refractivity (Wildman–Crippen MR) is 112 cm³/mol. The van der Waals surface area contributed by atoms with Crippen LogP contribution in [0.15, 0.2) is 75.4 Å². The van der Waals surface area contributed by atoms with Gasteiger partial charge in [-0.25, -0.2) is 18.5 Å². The highest BCUT2D eigenvalue weighted by Gasteiger charge is 2.10. The van der Waals surface area contributed by atoms with Crippen molar-refractivity contribution in [2.45, 2.75) is 16.6 Å². The number of halogens is 1. The van der Waals surface area contributed by atoms with E-state index in [-0.39, 0.29) is 16.6 Å². The molecule has 3 N–H and O–H groups in total. The van der Waals surface area contributed by atoms with E-state index in [0.717, 1.165) is 20.9 Å². The van der Waals surface area contributed by atoms with Gasteiger partial charge in [-0.1, -0.05) is 39.8 Å². The number of nitrogens with zero attached hydrogens (tertiary/aromatic N) is 2. The largest absolute Gasteiger partial charge is 0.351 e. The summed E-state index contributed by atoms with van der Waals surface area (Å²) in [6.07, 6.45) is 3.53. The van der Waals surface area contributed by atoms with Gasteiger partial charge in [-0.15, -0.1) is 0 Å². The average Bonchev–Trinajstić information content (AvgIpc) is 3.13. The number of sulfonamides is 1. The molecule has 1 heterocycles. The highest BCUT2D eigenvalue weighted by atomic mass is 79.9. The number of aromatic nitrogens is 2.